The number of piperazine rings is 1. The van der Waals surface area contributed by atoms with Crippen LogP contribution in [0.5, 0.6) is 0 Å². The maximum atomic E-state index is 12.7. The molecule has 31 heavy (non-hydrogen) atoms. The van der Waals surface area contributed by atoms with Gasteiger partial charge in [-0.1, -0.05) is 42.5 Å². The van der Waals surface area contributed by atoms with E-state index >= 15 is 0 Å². The first-order chi connectivity index (χ1) is 14.9. The number of hydrogen-bond acceptors (Lipinski definition) is 4. The molecule has 0 bridgehead atoms. The molecule has 0 spiro atoms. The molecule has 2 aromatic carbocycles. The molecule has 1 atom stereocenters. The Morgan fingerprint density at radius 2 is 1.68 bits per heavy atom. The van der Waals surface area contributed by atoms with Gasteiger partial charge in [-0.3, -0.25) is 9.69 Å². The van der Waals surface area contributed by atoms with Crippen molar-refractivity contribution in [3.8, 4) is 0 Å². The van der Waals surface area contributed by atoms with E-state index in [1.54, 1.807) is 11.2 Å². The molecule has 7 heteroatoms. The second kappa shape index (κ2) is 10.9. The van der Waals surface area contributed by atoms with E-state index in [0.29, 0.717) is 38.3 Å². The quantitative estimate of drug-likeness (QED) is 0.647. The fourth-order valence-electron chi connectivity index (χ4n) is 3.82. The Morgan fingerprint density at radius 3 is 2.35 bits per heavy atom. The zero-order valence-electron chi connectivity index (χ0n) is 18.5. The van der Waals surface area contributed by atoms with E-state index in [1.807, 2.05) is 49.4 Å². The van der Waals surface area contributed by atoms with Crippen LogP contribution in [0.3, 0.4) is 0 Å². The van der Waals surface area contributed by atoms with Crippen molar-refractivity contribution in [1.29, 1.82) is 0 Å². The highest BCUT2D eigenvalue weighted by molar-refractivity contribution is 7.89. The minimum absolute atomic E-state index is 0.0544. The van der Waals surface area contributed by atoms with Crippen LogP contribution in [0, 0.1) is 0 Å². The summed E-state index contributed by atoms with van der Waals surface area (Å²) in [4.78, 5) is 14.9. The number of aryl methyl sites for hydroxylation is 1. The summed E-state index contributed by atoms with van der Waals surface area (Å²) in [6.45, 7) is 6.88. The molecule has 0 aliphatic carbocycles. The minimum atomic E-state index is -3.12. The van der Waals surface area contributed by atoms with Crippen molar-refractivity contribution in [1.82, 2.24) is 14.5 Å². The Labute approximate surface area is 186 Å². The smallest absolute Gasteiger partial charge is 0.251 e. The fraction of sp³-hybridized carbons (Fsp3) is 0.458. The van der Waals surface area contributed by atoms with Gasteiger partial charge in [-0.2, -0.15) is 4.31 Å². The molecule has 1 unspecified atom stereocenters. The third kappa shape index (κ3) is 6.89. The highest BCUT2D eigenvalue weighted by Crippen LogP contribution is 2.14. The lowest BCUT2D eigenvalue weighted by Crippen LogP contribution is -2.48. The highest BCUT2D eigenvalue weighted by Gasteiger charge is 2.25. The van der Waals surface area contributed by atoms with E-state index in [0.717, 1.165) is 18.4 Å². The maximum Gasteiger partial charge on any atom is 0.251 e. The highest BCUT2D eigenvalue weighted by atomic mass is 32.2. The maximum absolute atomic E-state index is 12.7. The molecule has 2 aromatic rings. The van der Waals surface area contributed by atoms with Gasteiger partial charge in [0.25, 0.3) is 5.91 Å². The van der Waals surface area contributed by atoms with Crippen LogP contribution in [0.25, 0.3) is 0 Å². The first-order valence-corrected chi connectivity index (χ1v) is 12.6. The lowest BCUT2D eigenvalue weighted by Gasteiger charge is -2.33. The lowest BCUT2D eigenvalue weighted by molar-refractivity contribution is 0.0938. The Hall–Kier alpha value is -2.22. The van der Waals surface area contributed by atoms with Gasteiger partial charge in [0.2, 0.25) is 10.0 Å². The van der Waals surface area contributed by atoms with Crippen LogP contribution < -0.4 is 5.32 Å². The van der Waals surface area contributed by atoms with Crippen molar-refractivity contribution in [2.75, 3.05) is 31.9 Å². The molecule has 1 saturated heterocycles. The molecular formula is C24H33N3O3S. The van der Waals surface area contributed by atoms with Crippen LogP contribution in [0.4, 0.5) is 0 Å². The van der Waals surface area contributed by atoms with Gasteiger partial charge in [-0.05, 0) is 49.9 Å². The van der Waals surface area contributed by atoms with Gasteiger partial charge in [0.1, 0.15) is 0 Å². The standard InChI is InChI=1S/C24H33N3O3S/c1-3-31(29,30)27-16-14-26(15-17-27)19-22-10-7-11-23(18-22)24(28)25-20(2)12-13-21-8-5-4-6-9-21/h4-11,18,20H,3,12-17,19H2,1-2H3,(H,25,28). The number of carbonyl (C=O) groups excluding carboxylic acids is 1. The number of carbonyl (C=O) groups is 1. The Morgan fingerprint density at radius 1 is 1.00 bits per heavy atom. The fourth-order valence-corrected chi connectivity index (χ4v) is 4.91. The Balaban J connectivity index is 1.50. The van der Waals surface area contributed by atoms with Gasteiger partial charge in [0.05, 0.1) is 5.75 Å². The molecule has 168 valence electrons. The molecule has 1 fully saturated rings. The minimum Gasteiger partial charge on any atom is -0.350 e. The van der Waals surface area contributed by atoms with Gasteiger partial charge in [-0.15, -0.1) is 0 Å². The molecule has 1 N–H and O–H groups in total. The lowest BCUT2D eigenvalue weighted by atomic mass is 10.1. The van der Waals surface area contributed by atoms with Crippen LogP contribution in [0.2, 0.25) is 0 Å². The summed E-state index contributed by atoms with van der Waals surface area (Å²) in [6, 6.07) is 18.1. The van der Waals surface area contributed by atoms with E-state index in [-0.39, 0.29) is 17.7 Å². The third-order valence-electron chi connectivity index (χ3n) is 5.77. The van der Waals surface area contributed by atoms with Crippen molar-refractivity contribution >= 4 is 15.9 Å². The number of nitrogens with one attached hydrogen (secondary N) is 1. The van der Waals surface area contributed by atoms with Crippen molar-refractivity contribution in [3.63, 3.8) is 0 Å². The summed E-state index contributed by atoms with van der Waals surface area (Å²) in [5.74, 6) is 0.0924. The summed E-state index contributed by atoms with van der Waals surface area (Å²) in [5, 5.41) is 3.10. The largest absolute Gasteiger partial charge is 0.350 e. The zero-order valence-corrected chi connectivity index (χ0v) is 19.3. The summed E-state index contributed by atoms with van der Waals surface area (Å²) < 4.78 is 25.6. The Kier molecular flexibility index (Phi) is 8.23. The van der Waals surface area contributed by atoms with Crippen molar-refractivity contribution in [2.45, 2.75) is 39.3 Å². The normalized spacial score (nSPS) is 16.7. The number of hydrogen-bond donors (Lipinski definition) is 1. The van der Waals surface area contributed by atoms with Crippen LogP contribution in [-0.2, 0) is 23.0 Å². The average Bonchev–Trinajstić information content (AvgIpc) is 2.79. The number of amides is 1. The van der Waals surface area contributed by atoms with Gasteiger partial charge in [0.15, 0.2) is 0 Å². The molecule has 0 saturated carbocycles. The number of sulfonamides is 1. The van der Waals surface area contributed by atoms with Crippen molar-refractivity contribution < 1.29 is 13.2 Å². The summed E-state index contributed by atoms with van der Waals surface area (Å²) >= 11 is 0. The first-order valence-electron chi connectivity index (χ1n) is 11.0. The molecule has 1 aliphatic heterocycles. The van der Waals surface area contributed by atoms with Crippen LogP contribution in [-0.4, -0.2) is 61.5 Å². The predicted molar refractivity (Wildman–Crippen MR) is 124 cm³/mol. The number of benzene rings is 2. The monoisotopic (exact) mass is 443 g/mol. The molecule has 0 aromatic heterocycles. The summed E-state index contributed by atoms with van der Waals surface area (Å²) in [6.07, 6.45) is 1.82. The number of rotatable bonds is 9. The topological polar surface area (TPSA) is 69.7 Å². The van der Waals surface area contributed by atoms with E-state index in [9.17, 15) is 13.2 Å². The third-order valence-corrected chi connectivity index (χ3v) is 7.65. The first kappa shape index (κ1) is 23.4. The van der Waals surface area contributed by atoms with Crippen LogP contribution >= 0.6 is 0 Å². The molecule has 1 heterocycles. The second-order valence-corrected chi connectivity index (χ2v) is 10.4. The predicted octanol–water partition coefficient (Wildman–Crippen LogP) is 2.91. The van der Waals surface area contributed by atoms with E-state index in [4.69, 9.17) is 0 Å². The van der Waals surface area contributed by atoms with Crippen molar-refractivity contribution in [2.24, 2.45) is 0 Å². The second-order valence-electron chi connectivity index (χ2n) is 8.17. The van der Waals surface area contributed by atoms with Gasteiger partial charge < -0.3 is 5.32 Å². The van der Waals surface area contributed by atoms with Gasteiger partial charge in [-0.25, -0.2) is 8.42 Å². The zero-order chi connectivity index (χ0) is 22.3. The van der Waals surface area contributed by atoms with E-state index < -0.39 is 10.0 Å². The molecule has 0 radical (unpaired) electrons. The van der Waals surface area contributed by atoms with E-state index in [1.165, 1.54) is 5.56 Å². The SMILES string of the molecule is CCS(=O)(=O)N1CCN(Cc2cccc(C(=O)NC(C)CCc3ccccc3)c2)CC1. The molecule has 6 nitrogen and oxygen atoms in total. The summed E-state index contributed by atoms with van der Waals surface area (Å²) in [5.41, 5.74) is 3.00. The number of nitrogens with zero attached hydrogens (tertiary/aromatic N) is 2. The van der Waals surface area contributed by atoms with Gasteiger partial charge >= 0.3 is 0 Å². The molecule has 1 aliphatic rings. The van der Waals surface area contributed by atoms with Crippen molar-refractivity contribution in [3.05, 3.63) is 71.3 Å². The van der Waals surface area contributed by atoms with Crippen LogP contribution in [0.1, 0.15) is 41.8 Å². The van der Waals surface area contributed by atoms with E-state index in [2.05, 4.69) is 22.3 Å². The van der Waals surface area contributed by atoms with Crippen LogP contribution in [0.15, 0.2) is 54.6 Å². The average molecular weight is 444 g/mol. The molecule has 3 rings (SSSR count). The molecular weight excluding hydrogens is 410 g/mol. The molecule has 1 amide bonds. The summed E-state index contributed by atoms with van der Waals surface area (Å²) in [7, 11) is -3.12. The van der Waals surface area contributed by atoms with Gasteiger partial charge in [0, 0.05) is 44.3 Å². The Bertz CT molecular complexity index is 955.